The van der Waals surface area contributed by atoms with E-state index in [1.165, 1.54) is 32.1 Å². The van der Waals surface area contributed by atoms with Crippen LogP contribution in [0.4, 0.5) is 17.5 Å². The highest BCUT2D eigenvalue weighted by Gasteiger charge is 2.14. The molecule has 0 aliphatic heterocycles. The van der Waals surface area contributed by atoms with Gasteiger partial charge >= 0.3 is 0 Å². The van der Waals surface area contributed by atoms with Crippen LogP contribution >= 0.6 is 0 Å². The van der Waals surface area contributed by atoms with Crippen LogP contribution in [0.1, 0.15) is 32.1 Å². The number of aromatic amines is 1. The van der Waals surface area contributed by atoms with Crippen LogP contribution in [-0.2, 0) is 0 Å². The fourth-order valence-electron chi connectivity index (χ4n) is 2.27. The second-order valence-corrected chi connectivity index (χ2v) is 4.60. The third kappa shape index (κ3) is 2.89. The van der Waals surface area contributed by atoms with Gasteiger partial charge in [0.15, 0.2) is 5.82 Å². The van der Waals surface area contributed by atoms with Crippen molar-refractivity contribution in [2.24, 2.45) is 5.92 Å². The first kappa shape index (κ1) is 11.8. The number of nitrogen functional groups attached to an aromatic ring is 2. The fourth-order valence-corrected chi connectivity index (χ4v) is 2.27. The van der Waals surface area contributed by atoms with Crippen molar-refractivity contribution >= 4 is 17.5 Å². The van der Waals surface area contributed by atoms with Crippen LogP contribution in [0.25, 0.3) is 0 Å². The van der Waals surface area contributed by atoms with Gasteiger partial charge in [0, 0.05) is 6.54 Å². The van der Waals surface area contributed by atoms with Gasteiger partial charge in [-0.3, -0.25) is 9.78 Å². The number of anilines is 3. The smallest absolute Gasteiger partial charge is 0.277 e. The summed E-state index contributed by atoms with van der Waals surface area (Å²) < 4.78 is 0. The van der Waals surface area contributed by atoms with Gasteiger partial charge in [-0.2, -0.15) is 4.98 Å². The standard InChI is InChI=1S/C11H19N5O/c12-8-9(15-11(13)16-10(8)17)14-6-7-4-2-1-3-5-7/h7H,1-6,12H2,(H4,13,14,15,16,17). The molecule has 0 saturated heterocycles. The van der Waals surface area contributed by atoms with Gasteiger partial charge in [0.2, 0.25) is 5.95 Å². The Hall–Kier alpha value is -1.72. The van der Waals surface area contributed by atoms with Gasteiger partial charge in [-0.15, -0.1) is 0 Å². The lowest BCUT2D eigenvalue weighted by atomic mass is 9.89. The van der Waals surface area contributed by atoms with Crippen molar-refractivity contribution in [2.75, 3.05) is 23.3 Å². The van der Waals surface area contributed by atoms with Crippen LogP contribution in [-0.4, -0.2) is 16.5 Å². The van der Waals surface area contributed by atoms with Crippen molar-refractivity contribution in [1.29, 1.82) is 0 Å². The number of nitrogens with zero attached hydrogens (tertiary/aromatic N) is 1. The molecular weight excluding hydrogens is 218 g/mol. The summed E-state index contributed by atoms with van der Waals surface area (Å²) in [5, 5.41) is 3.13. The minimum absolute atomic E-state index is 0.0929. The summed E-state index contributed by atoms with van der Waals surface area (Å²) in [6.07, 6.45) is 6.35. The summed E-state index contributed by atoms with van der Waals surface area (Å²) in [5.41, 5.74) is 10.8. The highest BCUT2D eigenvalue weighted by Crippen LogP contribution is 2.24. The second kappa shape index (κ2) is 5.07. The summed E-state index contributed by atoms with van der Waals surface area (Å²) in [6, 6.07) is 0. The second-order valence-electron chi connectivity index (χ2n) is 4.60. The molecule has 6 nitrogen and oxygen atoms in total. The van der Waals surface area contributed by atoms with Crippen molar-refractivity contribution in [3.63, 3.8) is 0 Å². The van der Waals surface area contributed by atoms with Crippen LogP contribution in [0, 0.1) is 5.92 Å². The lowest BCUT2D eigenvalue weighted by Gasteiger charge is -2.22. The molecule has 0 aromatic carbocycles. The summed E-state index contributed by atoms with van der Waals surface area (Å²) >= 11 is 0. The van der Waals surface area contributed by atoms with E-state index >= 15 is 0 Å². The van der Waals surface area contributed by atoms with Crippen molar-refractivity contribution in [1.82, 2.24) is 9.97 Å². The Morgan fingerprint density at radius 1 is 1.29 bits per heavy atom. The average Bonchev–Trinajstić information content (AvgIpc) is 2.33. The Labute approximate surface area is 99.8 Å². The van der Waals surface area contributed by atoms with E-state index in [-0.39, 0.29) is 17.2 Å². The molecule has 2 rings (SSSR count). The van der Waals surface area contributed by atoms with Gasteiger partial charge < -0.3 is 16.8 Å². The topological polar surface area (TPSA) is 110 Å². The molecular formula is C11H19N5O. The predicted octanol–water partition coefficient (Wildman–Crippen LogP) is 0.926. The molecule has 1 fully saturated rings. The largest absolute Gasteiger partial charge is 0.391 e. The number of nitrogens with two attached hydrogens (primary N) is 2. The van der Waals surface area contributed by atoms with Crippen molar-refractivity contribution < 1.29 is 0 Å². The zero-order chi connectivity index (χ0) is 12.3. The van der Waals surface area contributed by atoms with Gasteiger partial charge in [0.1, 0.15) is 5.69 Å². The molecule has 1 heterocycles. The van der Waals surface area contributed by atoms with Gasteiger partial charge in [0.05, 0.1) is 0 Å². The van der Waals surface area contributed by atoms with E-state index in [2.05, 4.69) is 15.3 Å². The first-order valence-electron chi connectivity index (χ1n) is 6.06. The number of H-pyrrole nitrogens is 1. The van der Waals surface area contributed by atoms with Crippen LogP contribution in [0.5, 0.6) is 0 Å². The normalized spacial score (nSPS) is 16.9. The van der Waals surface area contributed by atoms with Crippen molar-refractivity contribution in [3.05, 3.63) is 10.4 Å². The average molecular weight is 237 g/mol. The monoisotopic (exact) mass is 237 g/mol. The number of hydrogen-bond donors (Lipinski definition) is 4. The van der Waals surface area contributed by atoms with E-state index in [1.54, 1.807) is 0 Å². The van der Waals surface area contributed by atoms with E-state index in [1.807, 2.05) is 0 Å². The molecule has 0 amide bonds. The minimum atomic E-state index is -0.386. The fraction of sp³-hybridized carbons (Fsp3) is 0.636. The summed E-state index contributed by atoms with van der Waals surface area (Å²) in [6.45, 7) is 0.806. The third-order valence-electron chi connectivity index (χ3n) is 3.26. The van der Waals surface area contributed by atoms with Crippen molar-refractivity contribution in [3.8, 4) is 0 Å². The van der Waals surface area contributed by atoms with E-state index in [0.717, 1.165) is 6.54 Å². The van der Waals surface area contributed by atoms with Gasteiger partial charge in [0.25, 0.3) is 5.56 Å². The molecule has 0 unspecified atom stereocenters. The number of nitrogens with one attached hydrogen (secondary N) is 2. The van der Waals surface area contributed by atoms with Crippen LogP contribution in [0.2, 0.25) is 0 Å². The maximum Gasteiger partial charge on any atom is 0.277 e. The molecule has 6 heteroatoms. The Bertz CT molecular complexity index is 436. The Balaban J connectivity index is 2.00. The predicted molar refractivity (Wildman–Crippen MR) is 68.7 cm³/mol. The molecule has 0 bridgehead atoms. The molecule has 17 heavy (non-hydrogen) atoms. The zero-order valence-electron chi connectivity index (χ0n) is 9.83. The molecule has 0 radical (unpaired) electrons. The van der Waals surface area contributed by atoms with E-state index < -0.39 is 0 Å². The van der Waals surface area contributed by atoms with Crippen LogP contribution in [0.3, 0.4) is 0 Å². The molecule has 1 aliphatic carbocycles. The van der Waals surface area contributed by atoms with Crippen LogP contribution < -0.4 is 22.3 Å². The molecule has 94 valence electrons. The first-order valence-corrected chi connectivity index (χ1v) is 6.06. The van der Waals surface area contributed by atoms with Gasteiger partial charge in [-0.05, 0) is 18.8 Å². The van der Waals surface area contributed by atoms with Gasteiger partial charge in [-0.25, -0.2) is 0 Å². The first-order chi connectivity index (χ1) is 8.16. The Kier molecular flexibility index (Phi) is 3.51. The molecule has 1 aromatic heterocycles. The quantitative estimate of drug-likeness (QED) is 0.625. The number of rotatable bonds is 3. The summed E-state index contributed by atoms with van der Waals surface area (Å²) in [4.78, 5) is 17.7. The van der Waals surface area contributed by atoms with Crippen LogP contribution in [0.15, 0.2) is 4.79 Å². The molecule has 1 saturated carbocycles. The van der Waals surface area contributed by atoms with Crippen molar-refractivity contribution in [2.45, 2.75) is 32.1 Å². The zero-order valence-corrected chi connectivity index (χ0v) is 9.83. The van der Waals surface area contributed by atoms with E-state index in [4.69, 9.17) is 11.5 Å². The van der Waals surface area contributed by atoms with Gasteiger partial charge in [-0.1, -0.05) is 19.3 Å². The highest BCUT2D eigenvalue weighted by atomic mass is 16.1. The molecule has 6 N–H and O–H groups in total. The molecule has 1 aliphatic rings. The lowest BCUT2D eigenvalue weighted by Crippen LogP contribution is -2.22. The Morgan fingerprint density at radius 3 is 2.71 bits per heavy atom. The SMILES string of the molecule is Nc1nc(NCC2CCCCC2)c(N)c(=O)[nH]1. The highest BCUT2D eigenvalue weighted by molar-refractivity contribution is 5.61. The molecule has 0 spiro atoms. The van der Waals surface area contributed by atoms with E-state index in [9.17, 15) is 4.79 Å². The maximum atomic E-state index is 11.4. The molecule has 1 aromatic rings. The summed E-state index contributed by atoms with van der Waals surface area (Å²) in [7, 11) is 0. The Morgan fingerprint density at radius 2 is 2.00 bits per heavy atom. The number of hydrogen-bond acceptors (Lipinski definition) is 5. The summed E-state index contributed by atoms with van der Waals surface area (Å²) in [5.74, 6) is 1.14. The molecule has 0 atom stereocenters. The van der Waals surface area contributed by atoms with E-state index in [0.29, 0.717) is 11.7 Å². The third-order valence-corrected chi connectivity index (χ3v) is 3.26. The lowest BCUT2D eigenvalue weighted by molar-refractivity contribution is 0.373. The minimum Gasteiger partial charge on any atom is -0.391 e. The number of aromatic nitrogens is 2. The maximum absolute atomic E-state index is 11.4.